The molecule has 0 rings (SSSR count). The van der Waals surface area contributed by atoms with Crippen molar-refractivity contribution in [2.45, 2.75) is 91.0 Å². The fourth-order valence-electron chi connectivity index (χ4n) is 2.87. The first kappa shape index (κ1) is 27.2. The summed E-state index contributed by atoms with van der Waals surface area (Å²) in [7, 11) is 1.67. The molecule has 0 N–H and O–H groups in total. The third-order valence-electron chi connectivity index (χ3n) is 4.42. The molecule has 0 saturated carbocycles. The lowest BCUT2D eigenvalue weighted by atomic mass is 10.0. The highest BCUT2D eigenvalue weighted by atomic mass is 16.5. The maximum absolute atomic E-state index is 11.6. The van der Waals surface area contributed by atoms with E-state index in [-0.39, 0.29) is 36.7 Å². The summed E-state index contributed by atoms with van der Waals surface area (Å²) in [6.45, 7) is 8.33. The van der Waals surface area contributed by atoms with Gasteiger partial charge in [0.1, 0.15) is 6.10 Å². The van der Waals surface area contributed by atoms with Crippen LogP contribution in [0.5, 0.6) is 0 Å². The van der Waals surface area contributed by atoms with Gasteiger partial charge in [-0.1, -0.05) is 31.9 Å². The molecule has 0 unspecified atom stereocenters. The van der Waals surface area contributed by atoms with E-state index in [1.165, 1.54) is 0 Å². The van der Waals surface area contributed by atoms with E-state index < -0.39 is 0 Å². The minimum absolute atomic E-state index is 0.0477. The molecule has 0 aliphatic carbocycles. The Labute approximate surface area is 176 Å². The smallest absolute Gasteiger partial charge is 0.308 e. The molecule has 6 nitrogen and oxygen atoms in total. The molecule has 6 heteroatoms. The number of esters is 2. The molecule has 0 aliphatic heterocycles. The summed E-state index contributed by atoms with van der Waals surface area (Å²) < 4.78 is 21.8. The highest BCUT2D eigenvalue weighted by molar-refractivity contribution is 5.70. The number of methoxy groups -OCH3 is 1. The van der Waals surface area contributed by atoms with E-state index in [9.17, 15) is 9.59 Å². The lowest BCUT2D eigenvalue weighted by molar-refractivity contribution is -0.150. The number of rotatable bonds is 16. The molecule has 0 amide bonds. The molecule has 0 saturated heterocycles. The van der Waals surface area contributed by atoms with Crippen molar-refractivity contribution in [1.82, 2.24) is 0 Å². The highest BCUT2D eigenvalue weighted by Gasteiger charge is 2.19. The summed E-state index contributed by atoms with van der Waals surface area (Å²) in [5, 5.41) is 0. The van der Waals surface area contributed by atoms with Gasteiger partial charge in [-0.15, -0.1) is 12.3 Å². The Morgan fingerprint density at radius 1 is 1.07 bits per heavy atom. The second-order valence-corrected chi connectivity index (χ2v) is 6.97. The molecule has 0 fully saturated rings. The third-order valence-corrected chi connectivity index (χ3v) is 4.42. The predicted molar refractivity (Wildman–Crippen MR) is 113 cm³/mol. The van der Waals surface area contributed by atoms with Crippen molar-refractivity contribution < 1.29 is 28.5 Å². The van der Waals surface area contributed by atoms with E-state index in [4.69, 9.17) is 25.4 Å². The highest BCUT2D eigenvalue weighted by Crippen LogP contribution is 2.18. The molecule has 166 valence electrons. The van der Waals surface area contributed by atoms with E-state index in [2.05, 4.69) is 12.8 Å². The van der Waals surface area contributed by atoms with Crippen LogP contribution in [0.25, 0.3) is 0 Å². The zero-order chi connectivity index (χ0) is 22.1. The van der Waals surface area contributed by atoms with Crippen LogP contribution in [-0.2, 0) is 28.5 Å². The number of hydrogen-bond acceptors (Lipinski definition) is 6. The molecule has 0 aliphatic rings. The lowest BCUT2D eigenvalue weighted by Crippen LogP contribution is -2.25. The Morgan fingerprint density at radius 3 is 2.34 bits per heavy atom. The lowest BCUT2D eigenvalue weighted by Gasteiger charge is -2.23. The van der Waals surface area contributed by atoms with E-state index >= 15 is 0 Å². The van der Waals surface area contributed by atoms with Gasteiger partial charge < -0.3 is 18.9 Å². The van der Waals surface area contributed by atoms with Crippen molar-refractivity contribution >= 4 is 11.9 Å². The second-order valence-electron chi connectivity index (χ2n) is 6.97. The van der Waals surface area contributed by atoms with Gasteiger partial charge in [0.15, 0.2) is 0 Å². The number of carbonyl (C=O) groups excluding carboxylic acids is 2. The zero-order valence-electron chi connectivity index (χ0n) is 18.7. The summed E-state index contributed by atoms with van der Waals surface area (Å²) in [6, 6.07) is 0. The van der Waals surface area contributed by atoms with Crippen molar-refractivity contribution in [2.75, 3.05) is 20.3 Å². The van der Waals surface area contributed by atoms with Crippen molar-refractivity contribution in [3.05, 3.63) is 11.6 Å². The zero-order valence-corrected chi connectivity index (χ0v) is 18.7. The number of carbonyl (C=O) groups is 2. The topological polar surface area (TPSA) is 71.1 Å². The molecule has 0 heterocycles. The average Bonchev–Trinajstić information content (AvgIpc) is 2.67. The van der Waals surface area contributed by atoms with Crippen molar-refractivity contribution in [2.24, 2.45) is 0 Å². The fraction of sp³-hybridized carbons (Fsp3) is 0.739. The monoisotopic (exact) mass is 410 g/mol. The quantitative estimate of drug-likeness (QED) is 0.216. The van der Waals surface area contributed by atoms with Gasteiger partial charge in [-0.05, 0) is 26.7 Å². The third kappa shape index (κ3) is 13.9. The summed E-state index contributed by atoms with van der Waals surface area (Å²) in [5.41, 5.74) is 1.10. The number of terminal acetylenes is 1. The van der Waals surface area contributed by atoms with Crippen molar-refractivity contribution in [3.63, 3.8) is 0 Å². The van der Waals surface area contributed by atoms with Gasteiger partial charge in [-0.3, -0.25) is 9.59 Å². The van der Waals surface area contributed by atoms with Crippen molar-refractivity contribution in [1.29, 1.82) is 0 Å². The first-order valence-corrected chi connectivity index (χ1v) is 10.5. The average molecular weight is 411 g/mol. The molecular formula is C23H38O6. The van der Waals surface area contributed by atoms with E-state index in [0.29, 0.717) is 38.9 Å². The number of hydrogen-bond donors (Lipinski definition) is 0. The first-order chi connectivity index (χ1) is 13.9. The molecule has 0 bridgehead atoms. The van der Waals surface area contributed by atoms with Gasteiger partial charge in [-0.2, -0.15) is 0 Å². The van der Waals surface area contributed by atoms with Gasteiger partial charge in [0.2, 0.25) is 0 Å². The van der Waals surface area contributed by atoms with Crippen LogP contribution in [0.3, 0.4) is 0 Å². The van der Waals surface area contributed by atoms with Gasteiger partial charge in [0, 0.05) is 26.4 Å². The molecule has 0 aromatic carbocycles. The molecule has 3 atom stereocenters. The Hall–Kier alpha value is -1.84. The number of ether oxygens (including phenoxy) is 4. The summed E-state index contributed by atoms with van der Waals surface area (Å²) >= 11 is 0. The summed E-state index contributed by atoms with van der Waals surface area (Å²) in [6.07, 6.45) is 10.8. The molecule has 0 aromatic heterocycles. The van der Waals surface area contributed by atoms with Crippen LogP contribution in [-0.4, -0.2) is 50.6 Å². The minimum atomic E-state index is -0.358. The van der Waals surface area contributed by atoms with Crippen LogP contribution in [0, 0.1) is 12.3 Å². The summed E-state index contributed by atoms with van der Waals surface area (Å²) in [5.74, 6) is 2.04. The van der Waals surface area contributed by atoms with Crippen LogP contribution in [0.4, 0.5) is 0 Å². The van der Waals surface area contributed by atoms with Gasteiger partial charge in [0.25, 0.3) is 0 Å². The molecule has 29 heavy (non-hydrogen) atoms. The molecule has 0 radical (unpaired) electrons. The van der Waals surface area contributed by atoms with Crippen LogP contribution in [0.15, 0.2) is 11.6 Å². The van der Waals surface area contributed by atoms with Gasteiger partial charge >= 0.3 is 11.9 Å². The van der Waals surface area contributed by atoms with E-state index in [1.54, 1.807) is 21.0 Å². The molecular weight excluding hydrogens is 372 g/mol. The first-order valence-electron chi connectivity index (χ1n) is 10.5. The molecule has 0 spiro atoms. The predicted octanol–water partition coefficient (Wildman–Crippen LogP) is 4.21. The van der Waals surface area contributed by atoms with Gasteiger partial charge in [-0.25, -0.2) is 0 Å². The minimum Gasteiger partial charge on any atom is -0.466 e. The fourth-order valence-corrected chi connectivity index (χ4v) is 2.87. The van der Waals surface area contributed by atoms with Gasteiger partial charge in [0.05, 0.1) is 31.8 Å². The standard InChI is InChI=1S/C23H38O6/c1-7-11-19(17-23(25)27-10-4)28-14-13-18(5)15-21(26-6)16-20(12-8-2)29-22(24)9-3/h1,13,19-21H,8-12,14-17H2,2-6H3/b18-13-/t19-,20+,21+/m1/s1. The Kier molecular flexibility index (Phi) is 16.0. The Morgan fingerprint density at radius 2 is 1.79 bits per heavy atom. The Bertz CT molecular complexity index is 534. The van der Waals surface area contributed by atoms with Crippen LogP contribution >= 0.6 is 0 Å². The SMILES string of the molecule is C#CC[C@H](CC(=O)OCC)OC/C=C(/C)C[C@@H](C[C@H](CCC)OC(=O)CC)OC. The maximum atomic E-state index is 11.6. The van der Waals surface area contributed by atoms with E-state index in [0.717, 1.165) is 18.4 Å². The molecule has 0 aromatic rings. The van der Waals surface area contributed by atoms with Crippen LogP contribution in [0.1, 0.15) is 72.6 Å². The maximum Gasteiger partial charge on any atom is 0.308 e. The second kappa shape index (κ2) is 17.1. The van der Waals surface area contributed by atoms with Crippen LogP contribution in [0.2, 0.25) is 0 Å². The van der Waals surface area contributed by atoms with Crippen LogP contribution < -0.4 is 0 Å². The van der Waals surface area contributed by atoms with E-state index in [1.807, 2.05) is 13.0 Å². The normalized spacial score (nSPS) is 14.6. The van der Waals surface area contributed by atoms with Crippen molar-refractivity contribution in [3.8, 4) is 12.3 Å². The summed E-state index contributed by atoms with van der Waals surface area (Å²) in [4.78, 5) is 23.3. The largest absolute Gasteiger partial charge is 0.466 e. The Balaban J connectivity index is 4.63.